The molecule has 3 N–H and O–H groups in total. The van der Waals surface area contributed by atoms with Crippen molar-refractivity contribution in [3.05, 3.63) is 46.7 Å². The van der Waals surface area contributed by atoms with Crippen LogP contribution in [0.1, 0.15) is 24.8 Å². The van der Waals surface area contributed by atoms with Crippen LogP contribution in [0, 0.1) is 0 Å². The van der Waals surface area contributed by atoms with Gasteiger partial charge in [0, 0.05) is 17.3 Å². The van der Waals surface area contributed by atoms with Crippen molar-refractivity contribution in [2.24, 2.45) is 0 Å². The Hall–Kier alpha value is -2.80. The third-order valence-corrected chi connectivity index (χ3v) is 3.15. The van der Waals surface area contributed by atoms with Gasteiger partial charge in [0.05, 0.1) is 24.0 Å². The van der Waals surface area contributed by atoms with Crippen LogP contribution in [-0.4, -0.2) is 36.1 Å². The number of anilines is 2. The van der Waals surface area contributed by atoms with Crippen LogP contribution >= 0.6 is 11.6 Å². The maximum atomic E-state index is 12.2. The van der Waals surface area contributed by atoms with Crippen molar-refractivity contribution >= 4 is 34.9 Å². The minimum Gasteiger partial charge on any atom is -0.494 e. The largest absolute Gasteiger partial charge is 0.494 e. The molecule has 0 saturated heterocycles. The highest BCUT2D eigenvalue weighted by molar-refractivity contribution is 6.29. The fourth-order valence-electron chi connectivity index (χ4n) is 1.95. The molecule has 0 aliphatic carbocycles. The molecule has 0 atom stereocenters. The monoisotopic (exact) mass is 338 g/mol. The highest BCUT2D eigenvalue weighted by Crippen LogP contribution is 2.33. The van der Waals surface area contributed by atoms with E-state index in [1.165, 1.54) is 31.4 Å². The van der Waals surface area contributed by atoms with Gasteiger partial charge in [0.25, 0.3) is 5.91 Å². The van der Waals surface area contributed by atoms with E-state index in [-0.39, 0.29) is 33.4 Å². The predicted molar refractivity (Wildman–Crippen MR) is 85.9 cm³/mol. The molecule has 1 amide bonds. The minimum absolute atomic E-state index is 0.0371. The van der Waals surface area contributed by atoms with Crippen molar-refractivity contribution in [2.45, 2.75) is 0 Å². The first-order chi connectivity index (χ1) is 12.1. The minimum atomic E-state index is -2.69. The second-order valence-corrected chi connectivity index (χ2v) is 4.71. The number of benzene rings is 1. The molecule has 23 heavy (non-hydrogen) atoms. The summed E-state index contributed by atoms with van der Waals surface area (Å²) in [5.74, 6) is -2.06. The number of methoxy groups -OCH3 is 1. The van der Waals surface area contributed by atoms with E-state index < -0.39 is 18.9 Å². The van der Waals surface area contributed by atoms with Gasteiger partial charge in [-0.2, -0.15) is 0 Å². The predicted octanol–water partition coefficient (Wildman–Crippen LogP) is 2.54. The fourth-order valence-corrected chi connectivity index (χ4v) is 2.11. The summed E-state index contributed by atoms with van der Waals surface area (Å²) in [6, 6.07) is 5.68. The molecule has 120 valence electrons. The van der Waals surface area contributed by atoms with E-state index in [2.05, 4.69) is 10.3 Å². The van der Waals surface area contributed by atoms with Crippen molar-refractivity contribution in [3.63, 3.8) is 0 Å². The molecule has 7 nitrogen and oxygen atoms in total. The molecule has 0 unspecified atom stereocenters. The number of ether oxygens (including phenoxy) is 1. The van der Waals surface area contributed by atoms with E-state index in [1.54, 1.807) is 0 Å². The van der Waals surface area contributed by atoms with E-state index in [0.717, 1.165) is 6.20 Å². The van der Waals surface area contributed by atoms with Gasteiger partial charge >= 0.3 is 5.97 Å². The molecule has 0 saturated carbocycles. The smallest absolute Gasteiger partial charge is 0.339 e. The maximum Gasteiger partial charge on any atom is 0.339 e. The van der Waals surface area contributed by atoms with Crippen molar-refractivity contribution in [3.8, 4) is 5.75 Å². The Labute approximate surface area is 141 Å². The zero-order valence-corrected chi connectivity index (χ0v) is 12.6. The summed E-state index contributed by atoms with van der Waals surface area (Å²) in [7, 11) is 1.30. The van der Waals surface area contributed by atoms with Crippen LogP contribution in [0.4, 0.5) is 11.4 Å². The third kappa shape index (κ3) is 3.51. The highest BCUT2D eigenvalue weighted by atomic mass is 35.5. The summed E-state index contributed by atoms with van der Waals surface area (Å²) in [6.07, 6.45) is 1.11. The Morgan fingerprint density at radius 1 is 1.35 bits per heavy atom. The summed E-state index contributed by atoms with van der Waals surface area (Å²) in [5.41, 5.74) is 0.199. The number of nitrogens with zero attached hydrogens (tertiary/aromatic N) is 1. The first kappa shape index (κ1) is 12.7. The van der Waals surface area contributed by atoms with Gasteiger partial charge in [-0.25, -0.2) is 9.78 Å². The molecule has 0 aliphatic heterocycles. The topological polar surface area (TPSA) is 101 Å². The number of hydrogen-bond donors (Lipinski definition) is 3. The molecular formula is C15H14ClN3O4. The molecule has 1 heterocycles. The summed E-state index contributed by atoms with van der Waals surface area (Å²) in [6.45, 7) is -2.69. The number of rotatable bonds is 5. The lowest BCUT2D eigenvalue weighted by Crippen LogP contribution is -2.19. The number of carboxylic acids is 1. The Kier molecular flexibility index (Phi) is 3.86. The molecule has 0 spiro atoms. The highest BCUT2D eigenvalue weighted by Gasteiger charge is 2.17. The van der Waals surface area contributed by atoms with E-state index in [1.807, 2.05) is 5.32 Å². The Balaban J connectivity index is 2.47. The lowest BCUT2D eigenvalue weighted by molar-refractivity contribution is 0.0693. The number of para-hydroxylation sites is 1. The molecule has 0 radical (unpaired) electrons. The van der Waals surface area contributed by atoms with Gasteiger partial charge in [-0.1, -0.05) is 17.7 Å². The number of aromatic nitrogens is 1. The molecule has 8 heteroatoms. The summed E-state index contributed by atoms with van der Waals surface area (Å²) in [5, 5.41) is 14.0. The Bertz CT molecular complexity index is 859. The lowest BCUT2D eigenvalue weighted by atomic mass is 10.1. The molecule has 0 aliphatic rings. The number of nitrogens with one attached hydrogen (secondary N) is 2. The van der Waals surface area contributed by atoms with Crippen LogP contribution in [0.2, 0.25) is 5.15 Å². The molecule has 0 bridgehead atoms. The van der Waals surface area contributed by atoms with Crippen molar-refractivity contribution in [1.82, 2.24) is 10.3 Å². The van der Waals surface area contributed by atoms with Crippen LogP contribution in [0.3, 0.4) is 0 Å². The van der Waals surface area contributed by atoms with Gasteiger partial charge < -0.3 is 20.5 Å². The average molecular weight is 339 g/mol. The van der Waals surface area contributed by atoms with E-state index in [4.69, 9.17) is 20.5 Å². The van der Waals surface area contributed by atoms with E-state index in [0.29, 0.717) is 0 Å². The SMILES string of the molecule is [2H]C([2H])([2H])NC(=O)c1cnc(Cl)cc1Nc1cccc(C(=O)O)c1OC. The molecule has 0 fully saturated rings. The fraction of sp³-hybridized carbons (Fsp3) is 0.133. The van der Waals surface area contributed by atoms with Gasteiger partial charge in [0.2, 0.25) is 0 Å². The Morgan fingerprint density at radius 3 is 2.78 bits per heavy atom. The Morgan fingerprint density at radius 2 is 2.13 bits per heavy atom. The van der Waals surface area contributed by atoms with Crippen molar-refractivity contribution < 1.29 is 23.5 Å². The summed E-state index contributed by atoms with van der Waals surface area (Å²) < 4.78 is 26.5. The normalized spacial score (nSPS) is 12.5. The van der Waals surface area contributed by atoms with Gasteiger partial charge in [0.1, 0.15) is 10.7 Å². The number of pyridine rings is 1. The van der Waals surface area contributed by atoms with Gasteiger partial charge in [-0.3, -0.25) is 4.79 Å². The van der Waals surface area contributed by atoms with Gasteiger partial charge in [-0.15, -0.1) is 0 Å². The number of carbonyl (C=O) groups excluding carboxylic acids is 1. The molecular weight excluding hydrogens is 322 g/mol. The zero-order chi connectivity index (χ0) is 19.5. The molecule has 2 rings (SSSR count). The van der Waals surface area contributed by atoms with Crippen molar-refractivity contribution in [2.75, 3.05) is 19.4 Å². The first-order valence-electron chi connectivity index (χ1n) is 7.78. The van der Waals surface area contributed by atoms with Crippen molar-refractivity contribution in [1.29, 1.82) is 0 Å². The van der Waals surface area contributed by atoms with Crippen LogP contribution in [0.15, 0.2) is 30.5 Å². The quantitative estimate of drug-likeness (QED) is 0.724. The molecule has 1 aromatic carbocycles. The lowest BCUT2D eigenvalue weighted by Gasteiger charge is -2.15. The number of carboxylic acid groups (broad SMARTS) is 1. The third-order valence-electron chi connectivity index (χ3n) is 2.95. The standard InChI is InChI=1S/C15H14ClN3O4/c1-17-14(20)9-7-18-12(16)6-11(9)19-10-5-3-4-8(15(21)22)13(10)23-2/h3-7H,1-2H3,(H,17,20)(H,18,19)(H,21,22)/i1D3. The number of halogens is 1. The molecule has 2 aromatic rings. The number of aromatic carboxylic acids is 1. The second-order valence-electron chi connectivity index (χ2n) is 4.32. The van der Waals surface area contributed by atoms with Crippen LogP contribution in [0.25, 0.3) is 0 Å². The van der Waals surface area contributed by atoms with E-state index >= 15 is 0 Å². The number of carbonyl (C=O) groups is 2. The van der Waals surface area contributed by atoms with Crippen LogP contribution < -0.4 is 15.4 Å². The van der Waals surface area contributed by atoms with Gasteiger partial charge in [0.15, 0.2) is 5.75 Å². The number of amides is 1. The zero-order valence-electron chi connectivity index (χ0n) is 14.9. The van der Waals surface area contributed by atoms with E-state index in [9.17, 15) is 14.7 Å². The molecule has 1 aromatic heterocycles. The second kappa shape index (κ2) is 6.97. The summed E-state index contributed by atoms with van der Waals surface area (Å²) in [4.78, 5) is 27.3. The van der Waals surface area contributed by atoms with Crippen LogP contribution in [0.5, 0.6) is 5.75 Å². The van der Waals surface area contributed by atoms with Crippen LogP contribution in [-0.2, 0) is 0 Å². The average Bonchev–Trinajstić information content (AvgIpc) is 2.52. The summed E-state index contributed by atoms with van der Waals surface area (Å²) >= 11 is 5.86. The maximum absolute atomic E-state index is 12.2. The van der Waals surface area contributed by atoms with Gasteiger partial charge in [-0.05, 0) is 18.2 Å². The first-order valence-corrected chi connectivity index (χ1v) is 6.65. The number of hydrogen-bond acceptors (Lipinski definition) is 5.